The predicted octanol–water partition coefficient (Wildman–Crippen LogP) is 3.29. The molecular weight excluding hydrogens is 372 g/mol. The maximum atomic E-state index is 12.6. The first-order valence-corrected chi connectivity index (χ1v) is 8.43. The van der Waals surface area contributed by atoms with Crippen LogP contribution in [0.1, 0.15) is 29.4 Å². The summed E-state index contributed by atoms with van der Waals surface area (Å²) < 4.78 is 6.68. The van der Waals surface area contributed by atoms with Gasteiger partial charge in [0.2, 0.25) is 5.95 Å². The van der Waals surface area contributed by atoms with Crippen LogP contribution >= 0.6 is 15.9 Å². The molecule has 2 rings (SSSR count). The van der Waals surface area contributed by atoms with Crippen LogP contribution in [0.15, 0.2) is 22.7 Å². The normalized spacial score (nSPS) is 10.5. The van der Waals surface area contributed by atoms with Gasteiger partial charge in [-0.25, -0.2) is 9.97 Å². The molecule has 0 unspecified atom stereocenters. The number of rotatable bonds is 5. The van der Waals surface area contributed by atoms with E-state index in [4.69, 9.17) is 10.5 Å². The Balaban J connectivity index is 2.72. The summed E-state index contributed by atoms with van der Waals surface area (Å²) in [6.45, 7) is 4.36. The third kappa shape index (κ3) is 3.84. The number of aromatic nitrogens is 2. The zero-order valence-corrected chi connectivity index (χ0v) is 15.8. The molecule has 2 aromatic rings. The second kappa shape index (κ2) is 7.61. The fraction of sp³-hybridized carbons (Fsp3) is 0.353. The lowest BCUT2D eigenvalue weighted by Gasteiger charge is -2.18. The molecule has 1 aromatic heterocycles. The van der Waals surface area contributed by atoms with Crippen molar-refractivity contribution < 1.29 is 9.53 Å². The largest absolute Gasteiger partial charge is 0.493 e. The molecule has 6 nitrogen and oxygen atoms in total. The van der Waals surface area contributed by atoms with Gasteiger partial charge in [-0.15, -0.1) is 0 Å². The van der Waals surface area contributed by atoms with Crippen LogP contribution in [0.2, 0.25) is 0 Å². The molecule has 24 heavy (non-hydrogen) atoms. The number of amides is 1. The van der Waals surface area contributed by atoms with Gasteiger partial charge in [0.25, 0.3) is 5.91 Å². The van der Waals surface area contributed by atoms with Crippen LogP contribution in [0.5, 0.6) is 5.75 Å². The van der Waals surface area contributed by atoms with Crippen LogP contribution in [0.3, 0.4) is 0 Å². The summed E-state index contributed by atoms with van der Waals surface area (Å²) in [5.41, 5.74) is 7.98. The van der Waals surface area contributed by atoms with Gasteiger partial charge in [-0.3, -0.25) is 4.79 Å². The van der Waals surface area contributed by atoms with E-state index in [1.54, 1.807) is 21.0 Å². The minimum absolute atomic E-state index is 0.124. The number of hydrogen-bond acceptors (Lipinski definition) is 5. The first-order valence-electron chi connectivity index (χ1n) is 7.63. The molecule has 0 bridgehead atoms. The predicted molar refractivity (Wildman–Crippen MR) is 98.1 cm³/mol. The summed E-state index contributed by atoms with van der Waals surface area (Å²) >= 11 is 3.46. The monoisotopic (exact) mass is 392 g/mol. The number of ether oxygens (including phenoxy) is 1. The van der Waals surface area contributed by atoms with Crippen molar-refractivity contribution in [2.75, 3.05) is 26.4 Å². The Morgan fingerprint density at radius 2 is 2.04 bits per heavy atom. The molecular formula is C17H21BrN4O2. The molecule has 0 spiro atoms. The Morgan fingerprint density at radius 3 is 2.67 bits per heavy atom. The van der Waals surface area contributed by atoms with Gasteiger partial charge in [0.15, 0.2) is 0 Å². The number of nitrogen functional groups attached to an aromatic ring is 1. The molecule has 0 saturated carbocycles. The maximum Gasteiger partial charge on any atom is 0.257 e. The quantitative estimate of drug-likeness (QED) is 0.843. The van der Waals surface area contributed by atoms with E-state index >= 15 is 0 Å². The number of hydrogen-bond donors (Lipinski definition) is 1. The topological polar surface area (TPSA) is 81.3 Å². The van der Waals surface area contributed by atoms with Crippen molar-refractivity contribution in [2.24, 2.45) is 0 Å². The molecule has 0 radical (unpaired) electrons. The van der Waals surface area contributed by atoms with Crippen molar-refractivity contribution in [2.45, 2.75) is 20.3 Å². The van der Waals surface area contributed by atoms with E-state index in [2.05, 4.69) is 25.9 Å². The van der Waals surface area contributed by atoms with E-state index in [0.29, 0.717) is 34.9 Å². The zero-order valence-electron chi connectivity index (χ0n) is 14.3. The van der Waals surface area contributed by atoms with Crippen LogP contribution in [-0.4, -0.2) is 41.5 Å². The fourth-order valence-corrected chi connectivity index (χ4v) is 2.66. The number of nitrogens with two attached hydrogens (primary N) is 1. The molecule has 7 heteroatoms. The molecule has 1 heterocycles. The number of anilines is 1. The van der Waals surface area contributed by atoms with Crippen molar-refractivity contribution in [3.05, 3.63) is 33.9 Å². The van der Waals surface area contributed by atoms with Crippen LogP contribution in [0, 0.1) is 6.92 Å². The molecule has 0 saturated heterocycles. The number of carbonyl (C=O) groups excluding carboxylic acids is 1. The molecule has 0 aliphatic carbocycles. The second-order valence-corrected chi connectivity index (χ2v) is 6.50. The highest BCUT2D eigenvalue weighted by Crippen LogP contribution is 2.35. The van der Waals surface area contributed by atoms with Crippen LogP contribution in [0.25, 0.3) is 11.3 Å². The molecule has 1 amide bonds. The molecule has 0 aliphatic heterocycles. The van der Waals surface area contributed by atoms with Gasteiger partial charge in [-0.05, 0) is 31.5 Å². The Labute approximate surface area is 150 Å². The van der Waals surface area contributed by atoms with Crippen molar-refractivity contribution in [3.8, 4) is 17.0 Å². The average Bonchev–Trinajstić information content (AvgIpc) is 2.52. The SMILES string of the molecule is CCCOc1ccc(Br)cc1-c1nc(N)nc(C)c1C(=O)N(C)C. The van der Waals surface area contributed by atoms with Crippen LogP contribution in [-0.2, 0) is 0 Å². The lowest BCUT2D eigenvalue weighted by Crippen LogP contribution is -2.24. The van der Waals surface area contributed by atoms with Crippen molar-refractivity contribution in [3.63, 3.8) is 0 Å². The number of halogens is 1. The lowest BCUT2D eigenvalue weighted by molar-refractivity contribution is 0.0827. The second-order valence-electron chi connectivity index (χ2n) is 5.58. The van der Waals surface area contributed by atoms with E-state index in [1.165, 1.54) is 4.90 Å². The van der Waals surface area contributed by atoms with E-state index in [1.807, 2.05) is 25.1 Å². The highest BCUT2D eigenvalue weighted by molar-refractivity contribution is 9.10. The first-order chi connectivity index (χ1) is 11.3. The van der Waals surface area contributed by atoms with E-state index in [9.17, 15) is 4.79 Å². The molecule has 0 aliphatic rings. The van der Waals surface area contributed by atoms with Gasteiger partial charge in [0.05, 0.1) is 23.6 Å². The Bertz CT molecular complexity index is 762. The van der Waals surface area contributed by atoms with E-state index in [0.717, 1.165) is 10.9 Å². The third-order valence-corrected chi connectivity index (χ3v) is 3.88. The van der Waals surface area contributed by atoms with Crippen LogP contribution in [0.4, 0.5) is 5.95 Å². The summed E-state index contributed by atoms with van der Waals surface area (Å²) in [5, 5.41) is 0. The maximum absolute atomic E-state index is 12.6. The molecule has 0 fully saturated rings. The number of carbonyl (C=O) groups is 1. The fourth-order valence-electron chi connectivity index (χ4n) is 2.29. The van der Waals surface area contributed by atoms with Gasteiger partial charge in [0.1, 0.15) is 5.75 Å². The minimum atomic E-state index is -0.177. The number of benzene rings is 1. The van der Waals surface area contributed by atoms with Crippen LogP contribution < -0.4 is 10.5 Å². The highest BCUT2D eigenvalue weighted by Gasteiger charge is 2.23. The smallest absolute Gasteiger partial charge is 0.257 e. The molecule has 0 atom stereocenters. The Morgan fingerprint density at radius 1 is 1.33 bits per heavy atom. The summed E-state index contributed by atoms with van der Waals surface area (Å²) in [6, 6.07) is 5.62. The van der Waals surface area contributed by atoms with E-state index < -0.39 is 0 Å². The molecule has 2 N–H and O–H groups in total. The molecule has 128 valence electrons. The summed E-state index contributed by atoms with van der Waals surface area (Å²) in [5.74, 6) is 0.605. The van der Waals surface area contributed by atoms with Gasteiger partial charge in [-0.2, -0.15) is 0 Å². The molecule has 1 aromatic carbocycles. The lowest BCUT2D eigenvalue weighted by atomic mass is 10.0. The van der Waals surface area contributed by atoms with Crippen molar-refractivity contribution in [1.29, 1.82) is 0 Å². The number of aryl methyl sites for hydroxylation is 1. The Kier molecular flexibility index (Phi) is 5.77. The summed E-state index contributed by atoms with van der Waals surface area (Å²) in [4.78, 5) is 22.6. The van der Waals surface area contributed by atoms with Crippen molar-refractivity contribution in [1.82, 2.24) is 14.9 Å². The summed E-state index contributed by atoms with van der Waals surface area (Å²) in [7, 11) is 3.38. The first kappa shape index (κ1) is 18.2. The minimum Gasteiger partial charge on any atom is -0.493 e. The highest BCUT2D eigenvalue weighted by atomic mass is 79.9. The van der Waals surface area contributed by atoms with E-state index in [-0.39, 0.29) is 11.9 Å². The third-order valence-electron chi connectivity index (χ3n) is 3.39. The van der Waals surface area contributed by atoms with Crippen molar-refractivity contribution >= 4 is 27.8 Å². The van der Waals surface area contributed by atoms with Gasteiger partial charge < -0.3 is 15.4 Å². The van der Waals surface area contributed by atoms with Gasteiger partial charge >= 0.3 is 0 Å². The summed E-state index contributed by atoms with van der Waals surface area (Å²) in [6.07, 6.45) is 0.879. The average molecular weight is 393 g/mol. The standard InChI is InChI=1S/C17H21BrN4O2/c1-5-8-24-13-7-6-11(18)9-12(13)15-14(16(23)22(3)4)10(2)20-17(19)21-15/h6-7,9H,5,8H2,1-4H3,(H2,19,20,21). The van der Waals surface area contributed by atoms with Gasteiger partial charge in [-0.1, -0.05) is 22.9 Å². The number of nitrogens with zero attached hydrogens (tertiary/aromatic N) is 3. The Hall–Kier alpha value is -2.15. The zero-order chi connectivity index (χ0) is 17.9. The van der Waals surface area contributed by atoms with Gasteiger partial charge in [0, 0.05) is 24.1 Å².